The third-order valence-electron chi connectivity index (χ3n) is 4.65. The molecule has 28 heavy (non-hydrogen) atoms. The minimum Gasteiger partial charge on any atom is -0.437 e. The number of aromatic nitrogens is 1. The average molecular weight is 379 g/mol. The first-order valence-electron chi connectivity index (χ1n) is 8.97. The number of carbonyl (C=O) groups is 2. The van der Waals surface area contributed by atoms with Gasteiger partial charge in [0.05, 0.1) is 0 Å². The van der Waals surface area contributed by atoms with E-state index < -0.39 is 0 Å². The molecule has 2 aromatic carbocycles. The molecule has 4 rings (SSSR count). The SMILES string of the molecule is O=C(/C=C/c1nc2ccccc2o1)N1CCN(C(=O)c2ccc(F)cc2)CC1. The molecule has 0 radical (unpaired) electrons. The summed E-state index contributed by atoms with van der Waals surface area (Å²) in [6.45, 7) is 1.73. The summed E-state index contributed by atoms with van der Waals surface area (Å²) in [6.07, 6.45) is 2.99. The highest BCUT2D eigenvalue weighted by Crippen LogP contribution is 2.16. The van der Waals surface area contributed by atoms with E-state index in [4.69, 9.17) is 4.42 Å². The lowest BCUT2D eigenvalue weighted by atomic mass is 10.1. The quantitative estimate of drug-likeness (QED) is 0.656. The number of nitrogens with zero attached hydrogens (tertiary/aromatic N) is 3. The molecule has 3 aromatic rings. The molecule has 0 unspecified atom stereocenters. The van der Waals surface area contributed by atoms with Crippen molar-refractivity contribution in [2.24, 2.45) is 0 Å². The summed E-state index contributed by atoms with van der Waals surface area (Å²) >= 11 is 0. The molecule has 0 saturated carbocycles. The molecule has 0 N–H and O–H groups in total. The maximum absolute atomic E-state index is 13.0. The fraction of sp³-hybridized carbons (Fsp3) is 0.190. The first-order chi connectivity index (χ1) is 13.6. The van der Waals surface area contributed by atoms with Crippen LogP contribution < -0.4 is 0 Å². The Bertz CT molecular complexity index is 1000. The van der Waals surface area contributed by atoms with Gasteiger partial charge in [-0.1, -0.05) is 12.1 Å². The molecule has 7 heteroatoms. The Labute approximate surface area is 160 Å². The Balaban J connectivity index is 1.34. The normalized spacial score (nSPS) is 14.8. The number of fused-ring (bicyclic) bond motifs is 1. The van der Waals surface area contributed by atoms with Gasteiger partial charge in [-0.05, 0) is 36.4 Å². The zero-order chi connectivity index (χ0) is 19.5. The van der Waals surface area contributed by atoms with Gasteiger partial charge in [-0.3, -0.25) is 9.59 Å². The molecular formula is C21H18FN3O3. The van der Waals surface area contributed by atoms with Gasteiger partial charge in [0.1, 0.15) is 11.3 Å². The Morgan fingerprint density at radius 1 is 0.964 bits per heavy atom. The van der Waals surface area contributed by atoms with Crippen LogP contribution in [0.3, 0.4) is 0 Å². The number of hydrogen-bond acceptors (Lipinski definition) is 4. The standard InChI is InChI=1S/C21H18FN3O3/c22-16-7-5-15(6-8-16)21(27)25-13-11-24(12-14-25)20(26)10-9-19-23-17-3-1-2-4-18(17)28-19/h1-10H,11-14H2/b10-9+. The van der Waals surface area contributed by atoms with Crippen molar-refractivity contribution < 1.29 is 18.4 Å². The van der Waals surface area contributed by atoms with Crippen molar-refractivity contribution in [2.45, 2.75) is 0 Å². The van der Waals surface area contributed by atoms with Gasteiger partial charge in [-0.15, -0.1) is 0 Å². The number of para-hydroxylation sites is 2. The molecule has 0 aliphatic carbocycles. The smallest absolute Gasteiger partial charge is 0.253 e. The van der Waals surface area contributed by atoms with E-state index in [1.54, 1.807) is 15.9 Å². The largest absolute Gasteiger partial charge is 0.437 e. The van der Waals surface area contributed by atoms with Crippen molar-refractivity contribution in [3.63, 3.8) is 0 Å². The monoisotopic (exact) mass is 379 g/mol. The van der Waals surface area contributed by atoms with Gasteiger partial charge < -0.3 is 14.2 Å². The highest BCUT2D eigenvalue weighted by molar-refractivity contribution is 5.95. The van der Waals surface area contributed by atoms with Gasteiger partial charge in [0, 0.05) is 43.9 Å². The van der Waals surface area contributed by atoms with Crippen LogP contribution in [0.15, 0.2) is 59.0 Å². The minimum atomic E-state index is -0.377. The van der Waals surface area contributed by atoms with Crippen LogP contribution in [0.5, 0.6) is 0 Å². The van der Waals surface area contributed by atoms with Crippen molar-refractivity contribution in [3.8, 4) is 0 Å². The summed E-state index contributed by atoms with van der Waals surface area (Å²) in [5, 5.41) is 0. The van der Waals surface area contributed by atoms with Crippen molar-refractivity contribution in [1.29, 1.82) is 0 Å². The Morgan fingerprint density at radius 2 is 1.64 bits per heavy atom. The predicted molar refractivity (Wildman–Crippen MR) is 102 cm³/mol. The van der Waals surface area contributed by atoms with Crippen LogP contribution in [0, 0.1) is 5.82 Å². The highest BCUT2D eigenvalue weighted by atomic mass is 19.1. The Hall–Kier alpha value is -3.48. The second-order valence-corrected chi connectivity index (χ2v) is 6.48. The van der Waals surface area contributed by atoms with E-state index in [0.29, 0.717) is 43.2 Å². The molecule has 6 nitrogen and oxygen atoms in total. The van der Waals surface area contributed by atoms with Crippen LogP contribution in [0.1, 0.15) is 16.2 Å². The number of amides is 2. The predicted octanol–water partition coefficient (Wildman–Crippen LogP) is 2.96. The van der Waals surface area contributed by atoms with Crippen LogP contribution in [0.25, 0.3) is 17.2 Å². The zero-order valence-electron chi connectivity index (χ0n) is 15.0. The number of benzene rings is 2. The van der Waals surface area contributed by atoms with Gasteiger partial charge >= 0.3 is 0 Å². The molecule has 2 heterocycles. The Kier molecular flexibility index (Phi) is 4.89. The number of halogens is 1. The van der Waals surface area contributed by atoms with E-state index in [-0.39, 0.29) is 17.6 Å². The van der Waals surface area contributed by atoms with Crippen molar-refractivity contribution in [3.05, 3.63) is 71.9 Å². The van der Waals surface area contributed by atoms with Crippen LogP contribution in [-0.2, 0) is 4.79 Å². The first-order valence-corrected chi connectivity index (χ1v) is 8.97. The molecule has 1 aliphatic heterocycles. The van der Waals surface area contributed by atoms with Gasteiger partial charge in [0.15, 0.2) is 5.58 Å². The van der Waals surface area contributed by atoms with Gasteiger partial charge in [-0.2, -0.15) is 0 Å². The second kappa shape index (κ2) is 7.64. The Morgan fingerprint density at radius 3 is 2.36 bits per heavy atom. The van der Waals surface area contributed by atoms with Crippen molar-refractivity contribution in [1.82, 2.24) is 14.8 Å². The number of rotatable bonds is 3. The third-order valence-corrected chi connectivity index (χ3v) is 4.65. The van der Waals surface area contributed by atoms with E-state index in [0.717, 1.165) is 5.52 Å². The number of hydrogen-bond donors (Lipinski definition) is 0. The summed E-state index contributed by atoms with van der Waals surface area (Å²) in [5.74, 6) is -0.317. The van der Waals surface area contributed by atoms with E-state index >= 15 is 0 Å². The van der Waals surface area contributed by atoms with Crippen LogP contribution >= 0.6 is 0 Å². The molecule has 0 bridgehead atoms. The summed E-state index contributed by atoms with van der Waals surface area (Å²) in [6, 6.07) is 12.9. The van der Waals surface area contributed by atoms with Gasteiger partial charge in [0.2, 0.25) is 11.8 Å². The zero-order valence-corrected chi connectivity index (χ0v) is 15.0. The fourth-order valence-corrected chi connectivity index (χ4v) is 3.11. The minimum absolute atomic E-state index is 0.156. The maximum Gasteiger partial charge on any atom is 0.253 e. The third kappa shape index (κ3) is 3.78. The topological polar surface area (TPSA) is 66.7 Å². The van der Waals surface area contributed by atoms with E-state index in [1.807, 2.05) is 24.3 Å². The molecule has 0 spiro atoms. The summed E-state index contributed by atoms with van der Waals surface area (Å²) < 4.78 is 18.6. The molecule has 1 aliphatic rings. The molecule has 2 amide bonds. The number of carbonyl (C=O) groups excluding carboxylic acids is 2. The fourth-order valence-electron chi connectivity index (χ4n) is 3.11. The summed E-state index contributed by atoms with van der Waals surface area (Å²) in [4.78, 5) is 32.5. The molecule has 142 valence electrons. The number of piperazine rings is 1. The van der Waals surface area contributed by atoms with E-state index in [9.17, 15) is 14.0 Å². The van der Waals surface area contributed by atoms with Crippen LogP contribution in [0.2, 0.25) is 0 Å². The molecular weight excluding hydrogens is 361 g/mol. The highest BCUT2D eigenvalue weighted by Gasteiger charge is 2.24. The number of oxazole rings is 1. The lowest BCUT2D eigenvalue weighted by molar-refractivity contribution is -0.127. The van der Waals surface area contributed by atoms with Crippen molar-refractivity contribution >= 4 is 29.0 Å². The molecule has 1 aromatic heterocycles. The lowest BCUT2D eigenvalue weighted by Gasteiger charge is -2.34. The molecule has 0 atom stereocenters. The van der Waals surface area contributed by atoms with Gasteiger partial charge in [-0.25, -0.2) is 9.37 Å². The first kappa shape index (κ1) is 17.9. The van der Waals surface area contributed by atoms with Crippen LogP contribution in [-0.4, -0.2) is 52.8 Å². The van der Waals surface area contributed by atoms with E-state index in [1.165, 1.54) is 30.3 Å². The molecule has 1 fully saturated rings. The molecule has 1 saturated heterocycles. The van der Waals surface area contributed by atoms with Crippen LogP contribution in [0.4, 0.5) is 4.39 Å². The maximum atomic E-state index is 13.0. The summed E-state index contributed by atoms with van der Waals surface area (Å²) in [7, 11) is 0. The van der Waals surface area contributed by atoms with E-state index in [2.05, 4.69) is 4.98 Å². The summed E-state index contributed by atoms with van der Waals surface area (Å²) in [5.41, 5.74) is 1.85. The lowest BCUT2D eigenvalue weighted by Crippen LogP contribution is -2.50. The average Bonchev–Trinajstić information content (AvgIpc) is 3.15. The van der Waals surface area contributed by atoms with Crippen molar-refractivity contribution in [2.75, 3.05) is 26.2 Å². The second-order valence-electron chi connectivity index (χ2n) is 6.48. The van der Waals surface area contributed by atoms with Gasteiger partial charge in [0.25, 0.3) is 5.91 Å².